The second-order valence-electron chi connectivity index (χ2n) is 6.31. The van der Waals surface area contributed by atoms with E-state index in [1.54, 1.807) is 4.68 Å². The van der Waals surface area contributed by atoms with Gasteiger partial charge < -0.3 is 4.90 Å². The van der Waals surface area contributed by atoms with Crippen molar-refractivity contribution >= 4 is 17.7 Å². The van der Waals surface area contributed by atoms with E-state index in [1.165, 1.54) is 17.3 Å². The third kappa shape index (κ3) is 4.74. The van der Waals surface area contributed by atoms with Crippen LogP contribution in [0.5, 0.6) is 0 Å². The highest BCUT2D eigenvalue weighted by molar-refractivity contribution is 8.00. The SMILES string of the molecule is CCN(Cc1ccccc1)C(=O)C(C)Sc1nnnn1-c1ccc(C)cc1. The lowest BCUT2D eigenvalue weighted by molar-refractivity contribution is -0.130. The number of aromatic nitrogens is 4. The van der Waals surface area contributed by atoms with E-state index in [1.807, 2.05) is 80.3 Å². The molecule has 0 bridgehead atoms. The third-order valence-electron chi connectivity index (χ3n) is 4.26. The van der Waals surface area contributed by atoms with Crippen LogP contribution in [-0.2, 0) is 11.3 Å². The Kier molecular flexibility index (Phi) is 6.24. The highest BCUT2D eigenvalue weighted by Crippen LogP contribution is 2.24. The van der Waals surface area contributed by atoms with Crippen LogP contribution in [0.3, 0.4) is 0 Å². The van der Waals surface area contributed by atoms with Gasteiger partial charge in [0.15, 0.2) is 0 Å². The molecule has 0 N–H and O–H groups in total. The molecule has 3 rings (SSSR count). The quantitative estimate of drug-likeness (QED) is 0.586. The van der Waals surface area contributed by atoms with Crippen molar-refractivity contribution in [3.63, 3.8) is 0 Å². The van der Waals surface area contributed by atoms with Gasteiger partial charge in [-0.3, -0.25) is 4.79 Å². The molecule has 3 aromatic rings. The molecular weight excluding hydrogens is 358 g/mol. The van der Waals surface area contributed by atoms with Crippen molar-refractivity contribution in [2.45, 2.75) is 37.7 Å². The lowest BCUT2D eigenvalue weighted by Crippen LogP contribution is -2.36. The molecule has 0 saturated carbocycles. The first-order valence-corrected chi connectivity index (χ1v) is 9.81. The fourth-order valence-corrected chi connectivity index (χ4v) is 3.61. The fourth-order valence-electron chi connectivity index (χ4n) is 2.72. The minimum Gasteiger partial charge on any atom is -0.338 e. The van der Waals surface area contributed by atoms with Crippen molar-refractivity contribution in [1.29, 1.82) is 0 Å². The third-order valence-corrected chi connectivity index (χ3v) is 5.28. The Hall–Kier alpha value is -2.67. The molecule has 0 aliphatic rings. The summed E-state index contributed by atoms with van der Waals surface area (Å²) in [6, 6.07) is 18.0. The maximum atomic E-state index is 12.9. The van der Waals surface area contributed by atoms with Crippen molar-refractivity contribution in [2.75, 3.05) is 6.54 Å². The van der Waals surface area contributed by atoms with Crippen LogP contribution in [0.4, 0.5) is 0 Å². The predicted molar refractivity (Wildman–Crippen MR) is 107 cm³/mol. The minimum atomic E-state index is -0.288. The summed E-state index contributed by atoms with van der Waals surface area (Å²) in [5, 5.41) is 12.3. The number of thioether (sulfide) groups is 1. The molecule has 1 amide bonds. The zero-order chi connectivity index (χ0) is 19.2. The van der Waals surface area contributed by atoms with Gasteiger partial charge in [-0.1, -0.05) is 59.8 Å². The van der Waals surface area contributed by atoms with Gasteiger partial charge in [-0.15, -0.1) is 5.10 Å². The molecule has 2 aromatic carbocycles. The number of amides is 1. The van der Waals surface area contributed by atoms with E-state index in [-0.39, 0.29) is 11.2 Å². The Morgan fingerprint density at radius 3 is 2.52 bits per heavy atom. The molecule has 27 heavy (non-hydrogen) atoms. The highest BCUT2D eigenvalue weighted by atomic mass is 32.2. The van der Waals surface area contributed by atoms with Crippen LogP contribution in [0, 0.1) is 6.92 Å². The molecule has 0 aliphatic heterocycles. The number of aryl methyl sites for hydroxylation is 1. The van der Waals surface area contributed by atoms with Gasteiger partial charge in [-0.05, 0) is 48.9 Å². The summed E-state index contributed by atoms with van der Waals surface area (Å²) in [4.78, 5) is 14.8. The summed E-state index contributed by atoms with van der Waals surface area (Å²) in [7, 11) is 0. The second-order valence-corrected chi connectivity index (χ2v) is 7.61. The van der Waals surface area contributed by atoms with Gasteiger partial charge >= 0.3 is 0 Å². The van der Waals surface area contributed by atoms with Gasteiger partial charge in [-0.2, -0.15) is 4.68 Å². The van der Waals surface area contributed by atoms with Gasteiger partial charge in [0.2, 0.25) is 11.1 Å². The highest BCUT2D eigenvalue weighted by Gasteiger charge is 2.23. The average Bonchev–Trinajstić information content (AvgIpc) is 3.15. The fraction of sp³-hybridized carbons (Fsp3) is 0.300. The average molecular weight is 382 g/mol. The Bertz CT molecular complexity index is 879. The van der Waals surface area contributed by atoms with Crippen molar-refractivity contribution in [3.05, 3.63) is 65.7 Å². The largest absolute Gasteiger partial charge is 0.338 e. The van der Waals surface area contributed by atoms with Gasteiger partial charge in [0, 0.05) is 13.1 Å². The van der Waals surface area contributed by atoms with Crippen LogP contribution in [0.15, 0.2) is 59.8 Å². The van der Waals surface area contributed by atoms with Crippen LogP contribution in [0.1, 0.15) is 25.0 Å². The molecule has 6 nitrogen and oxygen atoms in total. The Morgan fingerprint density at radius 1 is 1.15 bits per heavy atom. The maximum Gasteiger partial charge on any atom is 0.236 e. The lowest BCUT2D eigenvalue weighted by atomic mass is 10.2. The Labute approximate surface area is 163 Å². The lowest BCUT2D eigenvalue weighted by Gasteiger charge is -2.24. The number of hydrogen-bond acceptors (Lipinski definition) is 5. The Balaban J connectivity index is 1.71. The smallest absolute Gasteiger partial charge is 0.236 e. The zero-order valence-corrected chi connectivity index (χ0v) is 16.6. The molecule has 140 valence electrons. The van der Waals surface area contributed by atoms with Crippen LogP contribution in [0.2, 0.25) is 0 Å². The molecule has 1 atom stereocenters. The van der Waals surface area contributed by atoms with Crippen molar-refractivity contribution < 1.29 is 4.79 Å². The van der Waals surface area contributed by atoms with E-state index in [2.05, 4.69) is 15.5 Å². The topological polar surface area (TPSA) is 63.9 Å². The van der Waals surface area contributed by atoms with E-state index in [0.717, 1.165) is 11.3 Å². The number of carbonyl (C=O) groups is 1. The van der Waals surface area contributed by atoms with Crippen molar-refractivity contribution in [3.8, 4) is 5.69 Å². The number of nitrogens with zero attached hydrogens (tertiary/aromatic N) is 5. The molecule has 0 radical (unpaired) electrons. The number of carbonyl (C=O) groups excluding carboxylic acids is 1. The molecule has 1 aromatic heterocycles. The number of benzene rings is 2. The number of rotatable bonds is 7. The van der Waals surface area contributed by atoms with Crippen LogP contribution < -0.4 is 0 Å². The van der Waals surface area contributed by atoms with Gasteiger partial charge in [0.25, 0.3) is 0 Å². The van der Waals surface area contributed by atoms with E-state index in [4.69, 9.17) is 0 Å². The van der Waals surface area contributed by atoms with Crippen molar-refractivity contribution in [2.24, 2.45) is 0 Å². The summed E-state index contributed by atoms with van der Waals surface area (Å²) >= 11 is 1.37. The van der Waals surface area contributed by atoms with E-state index in [9.17, 15) is 4.79 Å². The number of tetrazole rings is 1. The predicted octanol–water partition coefficient (Wildman–Crippen LogP) is 3.50. The minimum absolute atomic E-state index is 0.0739. The van der Waals surface area contributed by atoms with Crippen LogP contribution in [-0.4, -0.2) is 42.8 Å². The monoisotopic (exact) mass is 381 g/mol. The summed E-state index contributed by atoms with van der Waals surface area (Å²) in [5.41, 5.74) is 3.17. The van der Waals surface area contributed by atoms with Gasteiger partial charge in [0.1, 0.15) is 0 Å². The molecule has 1 unspecified atom stereocenters. The maximum absolute atomic E-state index is 12.9. The van der Waals surface area contributed by atoms with E-state index < -0.39 is 0 Å². The standard InChI is InChI=1S/C20H23N5OS/c1-4-24(14-17-8-6-5-7-9-17)19(26)16(3)27-20-21-22-23-25(20)18-12-10-15(2)11-13-18/h5-13,16H,4,14H2,1-3H3. The first-order valence-electron chi connectivity index (χ1n) is 8.93. The molecule has 0 aliphatic carbocycles. The van der Waals surface area contributed by atoms with Crippen LogP contribution >= 0.6 is 11.8 Å². The summed E-state index contributed by atoms with van der Waals surface area (Å²) in [6.45, 7) is 7.18. The van der Waals surface area contributed by atoms with Gasteiger partial charge in [0.05, 0.1) is 10.9 Å². The molecule has 1 heterocycles. The van der Waals surface area contributed by atoms with Crippen LogP contribution in [0.25, 0.3) is 5.69 Å². The summed E-state index contributed by atoms with van der Waals surface area (Å²) in [5.74, 6) is 0.0739. The molecule has 0 spiro atoms. The molecule has 7 heteroatoms. The normalized spacial score (nSPS) is 12.0. The zero-order valence-electron chi connectivity index (χ0n) is 15.7. The number of hydrogen-bond donors (Lipinski definition) is 0. The molecule has 0 saturated heterocycles. The second kappa shape index (κ2) is 8.81. The first-order chi connectivity index (χ1) is 13.1. The first kappa shape index (κ1) is 19.1. The van der Waals surface area contributed by atoms with E-state index in [0.29, 0.717) is 18.2 Å². The summed E-state index contributed by atoms with van der Waals surface area (Å²) in [6.07, 6.45) is 0. The van der Waals surface area contributed by atoms with E-state index >= 15 is 0 Å². The Morgan fingerprint density at radius 2 is 1.85 bits per heavy atom. The molecular formula is C20H23N5OS. The van der Waals surface area contributed by atoms with Gasteiger partial charge in [-0.25, -0.2) is 0 Å². The van der Waals surface area contributed by atoms with Crippen molar-refractivity contribution in [1.82, 2.24) is 25.1 Å². The molecule has 0 fully saturated rings. The summed E-state index contributed by atoms with van der Waals surface area (Å²) < 4.78 is 1.67.